The summed E-state index contributed by atoms with van der Waals surface area (Å²) in [4.78, 5) is 8.14. The van der Waals surface area contributed by atoms with Crippen LogP contribution < -0.4 is 0 Å². The Morgan fingerprint density at radius 2 is 2.18 bits per heavy atom. The third-order valence-corrected chi connectivity index (χ3v) is 4.14. The first kappa shape index (κ1) is 13.2. The van der Waals surface area contributed by atoms with E-state index in [1.807, 2.05) is 6.08 Å². The van der Waals surface area contributed by atoms with E-state index >= 15 is 0 Å². The number of hydrogen-bond acceptors (Lipinski definition) is 4. The van der Waals surface area contributed by atoms with E-state index in [4.69, 9.17) is 9.36 Å². The van der Waals surface area contributed by atoms with Gasteiger partial charge in [0, 0.05) is 25.0 Å². The summed E-state index contributed by atoms with van der Waals surface area (Å²) in [5.74, 6) is 0.571. The quantitative estimate of drug-likeness (QED) is 0.566. The molecule has 2 saturated heterocycles. The highest BCUT2D eigenvalue weighted by Crippen LogP contribution is 2.34. The molecule has 0 radical (unpaired) electrons. The van der Waals surface area contributed by atoms with Gasteiger partial charge in [0.15, 0.2) is 0 Å². The first-order valence-corrected chi connectivity index (χ1v) is 9.79. The van der Waals surface area contributed by atoms with E-state index in [9.17, 15) is 0 Å². The average Bonchev–Trinajstić information content (AvgIpc) is 2.69. The summed E-state index contributed by atoms with van der Waals surface area (Å²) in [5.41, 5.74) is 0. The second-order valence-corrected chi connectivity index (χ2v) is 10.4. The lowest BCUT2D eigenvalue weighted by atomic mass is 10.0. The number of rotatable bonds is 4. The Hall–Kier alpha value is -0.203. The van der Waals surface area contributed by atoms with Gasteiger partial charge < -0.3 is 4.53 Å². The first-order valence-electron chi connectivity index (χ1n) is 6.38. The summed E-state index contributed by atoms with van der Waals surface area (Å²) in [6.45, 7) is 15.5. The van der Waals surface area contributed by atoms with Crippen molar-refractivity contribution in [1.29, 1.82) is 0 Å². The monoisotopic (exact) mass is 256 g/mol. The highest BCUT2D eigenvalue weighted by molar-refractivity contribution is 6.69. The van der Waals surface area contributed by atoms with Gasteiger partial charge in [-0.1, -0.05) is 11.3 Å². The summed E-state index contributed by atoms with van der Waals surface area (Å²) in [6.07, 6.45) is 1.97. The Balaban J connectivity index is 2.02. The molecule has 2 fully saturated rings. The molecule has 4 nitrogen and oxygen atoms in total. The molecule has 0 aromatic carbocycles. The van der Waals surface area contributed by atoms with Crippen molar-refractivity contribution in [1.82, 2.24) is 10.1 Å². The van der Waals surface area contributed by atoms with Crippen molar-refractivity contribution >= 4 is 8.32 Å². The molecule has 0 amide bonds. The molecule has 5 heteroatoms. The van der Waals surface area contributed by atoms with E-state index < -0.39 is 8.32 Å². The van der Waals surface area contributed by atoms with Crippen LogP contribution in [0, 0.1) is 5.92 Å². The van der Waals surface area contributed by atoms with Crippen LogP contribution in [0.1, 0.15) is 6.92 Å². The summed E-state index contributed by atoms with van der Waals surface area (Å²) >= 11 is 0. The minimum atomic E-state index is -1.59. The van der Waals surface area contributed by atoms with E-state index in [1.54, 1.807) is 5.23 Å². The lowest BCUT2D eigenvalue weighted by Gasteiger charge is -2.32. The van der Waals surface area contributed by atoms with Gasteiger partial charge in [0.05, 0.1) is 12.6 Å². The molecule has 2 aliphatic heterocycles. The molecule has 3 atom stereocenters. The standard InChI is InChI=1S/C12H24N2O2Si/c1-6-7-13-8-11-9-15-14(12(11)10(13)2)16-17(3,4)5/h6,10-12H,1,7-9H2,2-5H3/t10-,11-,12?/m0/s1. The molecule has 0 aromatic rings. The van der Waals surface area contributed by atoms with Crippen LogP contribution in [0.3, 0.4) is 0 Å². The average molecular weight is 256 g/mol. The Morgan fingerprint density at radius 1 is 1.47 bits per heavy atom. The van der Waals surface area contributed by atoms with Gasteiger partial charge in [-0.15, -0.1) is 6.58 Å². The minimum Gasteiger partial charge on any atom is -0.321 e. The minimum absolute atomic E-state index is 0.377. The lowest BCUT2D eigenvalue weighted by molar-refractivity contribution is -0.315. The molecule has 2 rings (SSSR count). The van der Waals surface area contributed by atoms with E-state index in [2.05, 4.69) is 38.0 Å². The predicted octanol–water partition coefficient (Wildman–Crippen LogP) is 1.88. The molecule has 0 aliphatic carbocycles. The van der Waals surface area contributed by atoms with Crippen LogP contribution in [0.5, 0.6) is 0 Å². The summed E-state index contributed by atoms with van der Waals surface area (Å²) in [7, 11) is -1.59. The van der Waals surface area contributed by atoms with Crippen molar-refractivity contribution in [3.8, 4) is 0 Å². The van der Waals surface area contributed by atoms with Gasteiger partial charge in [0.2, 0.25) is 8.32 Å². The fourth-order valence-electron chi connectivity index (χ4n) is 2.70. The number of fused-ring (bicyclic) bond motifs is 1. The Bertz CT molecular complexity index is 293. The van der Waals surface area contributed by atoms with Crippen molar-refractivity contribution in [2.75, 3.05) is 19.7 Å². The summed E-state index contributed by atoms with van der Waals surface area (Å²) in [5, 5.41) is 1.80. The van der Waals surface area contributed by atoms with Crippen LogP contribution in [0.4, 0.5) is 0 Å². The molecule has 2 aliphatic rings. The largest absolute Gasteiger partial charge is 0.321 e. The maximum absolute atomic E-state index is 6.01. The number of likely N-dealkylation sites (tertiary alicyclic amines) is 1. The predicted molar refractivity (Wildman–Crippen MR) is 70.7 cm³/mol. The zero-order valence-corrected chi connectivity index (χ0v) is 12.3. The lowest BCUT2D eigenvalue weighted by Crippen LogP contribution is -2.46. The third kappa shape index (κ3) is 2.80. The molecule has 17 heavy (non-hydrogen) atoms. The Kier molecular flexibility index (Phi) is 3.75. The molecule has 0 bridgehead atoms. The van der Waals surface area contributed by atoms with Gasteiger partial charge in [0.25, 0.3) is 0 Å². The molecule has 2 heterocycles. The molecule has 0 spiro atoms. The van der Waals surface area contributed by atoms with Crippen molar-refractivity contribution in [2.24, 2.45) is 5.92 Å². The van der Waals surface area contributed by atoms with Crippen molar-refractivity contribution < 1.29 is 9.36 Å². The highest BCUT2D eigenvalue weighted by atomic mass is 28.4. The van der Waals surface area contributed by atoms with Crippen LogP contribution in [-0.2, 0) is 9.36 Å². The van der Waals surface area contributed by atoms with Gasteiger partial charge in [-0.25, -0.2) is 0 Å². The molecule has 0 N–H and O–H groups in total. The zero-order valence-electron chi connectivity index (χ0n) is 11.3. The zero-order chi connectivity index (χ0) is 12.6. The number of nitrogens with zero attached hydrogens (tertiary/aromatic N) is 2. The van der Waals surface area contributed by atoms with E-state index in [0.717, 1.165) is 19.7 Å². The summed E-state index contributed by atoms with van der Waals surface area (Å²) < 4.78 is 6.01. The van der Waals surface area contributed by atoms with Gasteiger partial charge in [-0.2, -0.15) is 0 Å². The summed E-state index contributed by atoms with van der Waals surface area (Å²) in [6, 6.07) is 0.846. The van der Waals surface area contributed by atoms with E-state index in [0.29, 0.717) is 18.0 Å². The van der Waals surface area contributed by atoms with Crippen LogP contribution in [0.15, 0.2) is 12.7 Å². The van der Waals surface area contributed by atoms with Crippen LogP contribution in [0.2, 0.25) is 19.6 Å². The molecular weight excluding hydrogens is 232 g/mol. The molecular formula is C12H24N2O2Si. The van der Waals surface area contributed by atoms with Gasteiger partial charge >= 0.3 is 0 Å². The fourth-order valence-corrected chi connectivity index (χ4v) is 3.42. The van der Waals surface area contributed by atoms with Crippen LogP contribution in [-0.4, -0.2) is 50.2 Å². The molecule has 0 saturated carbocycles. The Labute approximate surface area is 105 Å². The van der Waals surface area contributed by atoms with Gasteiger partial charge in [-0.05, 0) is 26.6 Å². The second-order valence-electron chi connectivity index (χ2n) is 6.02. The maximum atomic E-state index is 6.01. The number of hydrogen-bond donors (Lipinski definition) is 0. The van der Waals surface area contributed by atoms with E-state index in [-0.39, 0.29) is 0 Å². The smallest absolute Gasteiger partial charge is 0.215 e. The SMILES string of the molecule is C=CCN1C[C@H]2CON(O[Si](C)(C)C)C2[C@@H]1C. The third-order valence-electron chi connectivity index (χ3n) is 3.41. The number of hydroxylamine groups is 2. The normalized spacial score (nSPS) is 35.2. The van der Waals surface area contributed by atoms with Crippen LogP contribution >= 0.6 is 0 Å². The topological polar surface area (TPSA) is 24.9 Å². The second kappa shape index (κ2) is 4.82. The van der Waals surface area contributed by atoms with Crippen molar-refractivity contribution in [3.63, 3.8) is 0 Å². The van der Waals surface area contributed by atoms with Gasteiger partial charge in [0.1, 0.15) is 0 Å². The van der Waals surface area contributed by atoms with E-state index in [1.165, 1.54) is 0 Å². The highest BCUT2D eigenvalue weighted by Gasteiger charge is 2.49. The molecule has 1 unspecified atom stereocenters. The Morgan fingerprint density at radius 3 is 2.76 bits per heavy atom. The van der Waals surface area contributed by atoms with Crippen LogP contribution in [0.25, 0.3) is 0 Å². The first-order chi connectivity index (χ1) is 7.92. The van der Waals surface area contributed by atoms with Crippen molar-refractivity contribution in [2.45, 2.75) is 38.6 Å². The van der Waals surface area contributed by atoms with Crippen molar-refractivity contribution in [3.05, 3.63) is 12.7 Å². The maximum Gasteiger partial charge on any atom is 0.215 e. The molecule has 98 valence electrons. The molecule has 0 aromatic heterocycles. The fraction of sp³-hybridized carbons (Fsp3) is 0.833. The van der Waals surface area contributed by atoms with Gasteiger partial charge in [-0.3, -0.25) is 9.74 Å².